The smallest absolute Gasteiger partial charge is 0.0840 e. The first-order valence-electron chi connectivity index (χ1n) is 4.63. The van der Waals surface area contributed by atoms with E-state index >= 15 is 0 Å². The molecule has 1 aromatic heterocycles. The zero-order chi connectivity index (χ0) is 9.10. The molecule has 70 valence electrons. The van der Waals surface area contributed by atoms with E-state index in [1.54, 1.807) is 12.4 Å². The van der Waals surface area contributed by atoms with Gasteiger partial charge in [0.05, 0.1) is 6.10 Å². The van der Waals surface area contributed by atoms with Gasteiger partial charge in [-0.25, -0.2) is 0 Å². The highest BCUT2D eigenvalue weighted by molar-refractivity contribution is 5.14. The van der Waals surface area contributed by atoms with Crippen molar-refractivity contribution >= 4 is 0 Å². The summed E-state index contributed by atoms with van der Waals surface area (Å²) in [6.45, 7) is 0.772. The number of aromatic nitrogens is 1. The van der Waals surface area contributed by atoms with Gasteiger partial charge in [0.2, 0.25) is 0 Å². The second-order valence-corrected chi connectivity index (χ2v) is 3.42. The molecule has 0 spiro atoms. The summed E-state index contributed by atoms with van der Waals surface area (Å²) in [4.78, 5) is 3.97. The van der Waals surface area contributed by atoms with Crippen molar-refractivity contribution in [2.45, 2.75) is 25.0 Å². The topological polar surface area (TPSA) is 48.1 Å². The molecular formula is C10H14N2O. The predicted octanol–water partition coefficient (Wildman–Crippen LogP) is 1.26. The molecule has 1 aliphatic heterocycles. The fraction of sp³-hybridized carbons (Fsp3) is 0.500. The van der Waals surface area contributed by atoms with Crippen LogP contribution in [0.5, 0.6) is 0 Å². The van der Waals surface area contributed by atoms with Crippen LogP contribution in [0.2, 0.25) is 0 Å². The molecule has 0 aliphatic carbocycles. The summed E-state index contributed by atoms with van der Waals surface area (Å²) >= 11 is 0. The summed E-state index contributed by atoms with van der Waals surface area (Å²) in [6.07, 6.45) is 5.65. The first-order chi connectivity index (χ1) is 6.36. The van der Waals surface area contributed by atoms with Gasteiger partial charge in [-0.05, 0) is 30.5 Å². The second kappa shape index (κ2) is 3.85. The Morgan fingerprint density at radius 2 is 2.15 bits per heavy atom. The molecule has 2 rings (SSSR count). The third kappa shape index (κ3) is 2.05. The van der Waals surface area contributed by atoms with Crippen LogP contribution in [-0.2, 0) is 4.74 Å². The molecule has 1 saturated heterocycles. The molecule has 1 aromatic rings. The Balaban J connectivity index is 2.08. The maximum Gasteiger partial charge on any atom is 0.0840 e. The highest BCUT2D eigenvalue weighted by Crippen LogP contribution is 2.26. The van der Waals surface area contributed by atoms with E-state index in [0.29, 0.717) is 0 Å². The highest BCUT2D eigenvalue weighted by Gasteiger charge is 2.20. The number of nitrogens with zero attached hydrogens (tertiary/aromatic N) is 1. The molecule has 0 saturated carbocycles. The van der Waals surface area contributed by atoms with Crippen molar-refractivity contribution in [3.05, 3.63) is 30.1 Å². The van der Waals surface area contributed by atoms with Crippen LogP contribution in [0.3, 0.4) is 0 Å². The zero-order valence-corrected chi connectivity index (χ0v) is 7.52. The van der Waals surface area contributed by atoms with Gasteiger partial charge in [0.1, 0.15) is 0 Å². The Labute approximate surface area is 77.9 Å². The van der Waals surface area contributed by atoms with Crippen molar-refractivity contribution in [1.29, 1.82) is 0 Å². The molecule has 2 unspecified atom stereocenters. The number of pyridine rings is 1. The maximum absolute atomic E-state index is 5.87. The normalized spacial score (nSPS) is 28.7. The molecule has 3 nitrogen and oxygen atoms in total. The lowest BCUT2D eigenvalue weighted by atomic mass is 9.99. The highest BCUT2D eigenvalue weighted by atomic mass is 16.5. The van der Waals surface area contributed by atoms with Crippen LogP contribution in [0.4, 0.5) is 0 Å². The molecule has 0 amide bonds. The summed E-state index contributed by atoms with van der Waals surface area (Å²) in [5.74, 6) is 0. The largest absolute Gasteiger partial charge is 0.373 e. The average Bonchev–Trinajstić information content (AvgIpc) is 2.19. The van der Waals surface area contributed by atoms with Gasteiger partial charge < -0.3 is 10.5 Å². The molecule has 0 radical (unpaired) electrons. The van der Waals surface area contributed by atoms with Crippen molar-refractivity contribution in [2.75, 3.05) is 6.61 Å². The summed E-state index contributed by atoms with van der Waals surface area (Å²) in [5, 5.41) is 0. The van der Waals surface area contributed by atoms with E-state index in [4.69, 9.17) is 10.5 Å². The van der Waals surface area contributed by atoms with Crippen molar-refractivity contribution in [2.24, 2.45) is 5.73 Å². The number of rotatable bonds is 1. The van der Waals surface area contributed by atoms with Crippen molar-refractivity contribution in [3.8, 4) is 0 Å². The number of hydrogen-bond acceptors (Lipinski definition) is 3. The summed E-state index contributed by atoms with van der Waals surface area (Å²) in [7, 11) is 0. The van der Waals surface area contributed by atoms with Gasteiger partial charge >= 0.3 is 0 Å². The van der Waals surface area contributed by atoms with Crippen LogP contribution >= 0.6 is 0 Å². The molecule has 3 heteroatoms. The van der Waals surface area contributed by atoms with E-state index in [1.807, 2.05) is 12.1 Å². The molecule has 0 aromatic carbocycles. The Morgan fingerprint density at radius 1 is 1.38 bits per heavy atom. The van der Waals surface area contributed by atoms with Gasteiger partial charge in [-0.2, -0.15) is 0 Å². The Bertz CT molecular complexity index is 263. The van der Waals surface area contributed by atoms with E-state index in [1.165, 1.54) is 5.56 Å². The minimum absolute atomic E-state index is 0.173. The van der Waals surface area contributed by atoms with E-state index < -0.39 is 0 Å². The predicted molar refractivity (Wildman–Crippen MR) is 50.1 cm³/mol. The lowest BCUT2D eigenvalue weighted by Gasteiger charge is -2.27. The summed E-state index contributed by atoms with van der Waals surface area (Å²) < 4.78 is 5.63. The standard InChI is InChI=1S/C10H14N2O/c11-9-3-6-13-10(7-9)8-1-4-12-5-2-8/h1-2,4-5,9-10H,3,6-7,11H2. The summed E-state index contributed by atoms with van der Waals surface area (Å²) in [5.41, 5.74) is 7.05. The van der Waals surface area contributed by atoms with Crippen LogP contribution in [0.25, 0.3) is 0 Å². The minimum Gasteiger partial charge on any atom is -0.373 e. The third-order valence-electron chi connectivity index (χ3n) is 2.40. The van der Waals surface area contributed by atoms with Gasteiger partial charge in [0, 0.05) is 25.0 Å². The van der Waals surface area contributed by atoms with Gasteiger partial charge in [0.15, 0.2) is 0 Å². The quantitative estimate of drug-likeness (QED) is 0.704. The van der Waals surface area contributed by atoms with Crippen LogP contribution in [0.1, 0.15) is 24.5 Å². The molecule has 13 heavy (non-hydrogen) atoms. The first kappa shape index (κ1) is 8.66. The Morgan fingerprint density at radius 3 is 2.85 bits per heavy atom. The summed E-state index contributed by atoms with van der Waals surface area (Å²) in [6, 6.07) is 4.26. The zero-order valence-electron chi connectivity index (χ0n) is 7.52. The van der Waals surface area contributed by atoms with Crippen molar-refractivity contribution in [3.63, 3.8) is 0 Å². The molecule has 2 N–H and O–H groups in total. The van der Waals surface area contributed by atoms with Crippen LogP contribution in [0, 0.1) is 0 Å². The van der Waals surface area contributed by atoms with E-state index in [0.717, 1.165) is 19.4 Å². The fourth-order valence-corrected chi connectivity index (χ4v) is 1.63. The lowest BCUT2D eigenvalue weighted by Crippen LogP contribution is -2.30. The van der Waals surface area contributed by atoms with Gasteiger partial charge in [-0.1, -0.05) is 0 Å². The molecule has 1 fully saturated rings. The SMILES string of the molecule is NC1CCOC(c2ccncc2)C1. The van der Waals surface area contributed by atoms with Crippen LogP contribution in [0.15, 0.2) is 24.5 Å². The third-order valence-corrected chi connectivity index (χ3v) is 2.40. The fourth-order valence-electron chi connectivity index (χ4n) is 1.63. The Kier molecular flexibility index (Phi) is 2.57. The Hall–Kier alpha value is -0.930. The second-order valence-electron chi connectivity index (χ2n) is 3.42. The number of hydrogen-bond donors (Lipinski definition) is 1. The van der Waals surface area contributed by atoms with Gasteiger partial charge in [-0.15, -0.1) is 0 Å². The molecule has 1 aliphatic rings. The minimum atomic E-state index is 0.173. The van der Waals surface area contributed by atoms with E-state index in [2.05, 4.69) is 4.98 Å². The lowest BCUT2D eigenvalue weighted by molar-refractivity contribution is 0.00663. The van der Waals surface area contributed by atoms with Crippen LogP contribution < -0.4 is 5.73 Å². The molecule has 2 atom stereocenters. The van der Waals surface area contributed by atoms with Crippen LogP contribution in [-0.4, -0.2) is 17.6 Å². The monoisotopic (exact) mass is 178 g/mol. The van der Waals surface area contributed by atoms with Gasteiger partial charge in [-0.3, -0.25) is 4.98 Å². The molecule has 0 bridgehead atoms. The molecular weight excluding hydrogens is 164 g/mol. The molecule has 2 heterocycles. The van der Waals surface area contributed by atoms with E-state index in [-0.39, 0.29) is 12.1 Å². The first-order valence-corrected chi connectivity index (χ1v) is 4.63. The maximum atomic E-state index is 5.87. The number of nitrogens with two attached hydrogens (primary N) is 1. The van der Waals surface area contributed by atoms with Gasteiger partial charge in [0.25, 0.3) is 0 Å². The number of ether oxygens (including phenoxy) is 1. The van der Waals surface area contributed by atoms with E-state index in [9.17, 15) is 0 Å². The van der Waals surface area contributed by atoms with Crippen molar-refractivity contribution < 1.29 is 4.74 Å². The average molecular weight is 178 g/mol. The van der Waals surface area contributed by atoms with Crippen molar-refractivity contribution in [1.82, 2.24) is 4.98 Å².